The third-order valence-corrected chi connectivity index (χ3v) is 4.18. The number of nitrogens with zero attached hydrogens (tertiary/aromatic N) is 3. The molecule has 0 aromatic carbocycles. The van der Waals surface area contributed by atoms with Gasteiger partial charge >= 0.3 is 0 Å². The maximum Gasteiger partial charge on any atom is 0.0628 e. The highest BCUT2D eigenvalue weighted by Crippen LogP contribution is 2.49. The fourth-order valence-electron chi connectivity index (χ4n) is 2.81. The standard InChI is InChI=1S/C13H23N3/c1-15(2)12-4-3-9-16(10-12)11-13(5-6-13)7-8-14/h12H,3-7,9-11H2,1-2H3. The lowest BCUT2D eigenvalue weighted by Gasteiger charge is -2.37. The van der Waals surface area contributed by atoms with Gasteiger partial charge in [-0.25, -0.2) is 0 Å². The number of nitriles is 1. The van der Waals surface area contributed by atoms with Crippen LogP contribution in [0.2, 0.25) is 0 Å². The summed E-state index contributed by atoms with van der Waals surface area (Å²) in [6.45, 7) is 3.59. The first-order valence-electron chi connectivity index (χ1n) is 6.41. The van der Waals surface area contributed by atoms with E-state index in [0.717, 1.165) is 13.0 Å². The molecule has 0 N–H and O–H groups in total. The number of rotatable bonds is 4. The Kier molecular flexibility index (Phi) is 3.51. The van der Waals surface area contributed by atoms with Crippen molar-refractivity contribution in [1.29, 1.82) is 5.26 Å². The third-order valence-electron chi connectivity index (χ3n) is 4.18. The van der Waals surface area contributed by atoms with E-state index in [1.807, 2.05) is 0 Å². The largest absolute Gasteiger partial charge is 0.305 e. The molecule has 1 atom stereocenters. The SMILES string of the molecule is CN(C)C1CCCN(CC2(CC#N)CC2)C1. The zero-order valence-corrected chi connectivity index (χ0v) is 10.6. The molecule has 1 aliphatic carbocycles. The van der Waals surface area contributed by atoms with Crippen LogP contribution in [0.4, 0.5) is 0 Å². The van der Waals surface area contributed by atoms with E-state index in [2.05, 4.69) is 30.0 Å². The summed E-state index contributed by atoms with van der Waals surface area (Å²) in [6, 6.07) is 3.07. The average Bonchev–Trinajstić information content (AvgIpc) is 2.99. The van der Waals surface area contributed by atoms with Crippen molar-refractivity contribution in [3.63, 3.8) is 0 Å². The van der Waals surface area contributed by atoms with E-state index >= 15 is 0 Å². The molecule has 1 saturated carbocycles. The highest BCUT2D eigenvalue weighted by atomic mass is 15.2. The number of hydrogen-bond donors (Lipinski definition) is 0. The van der Waals surface area contributed by atoms with Gasteiger partial charge in [0.25, 0.3) is 0 Å². The second kappa shape index (κ2) is 4.73. The monoisotopic (exact) mass is 221 g/mol. The van der Waals surface area contributed by atoms with Crippen LogP contribution < -0.4 is 0 Å². The predicted octanol–water partition coefficient (Wildman–Crippen LogP) is 1.71. The molecule has 0 radical (unpaired) electrons. The molecule has 90 valence electrons. The van der Waals surface area contributed by atoms with Crippen LogP contribution in [0.5, 0.6) is 0 Å². The Morgan fingerprint density at radius 1 is 1.44 bits per heavy atom. The number of piperidine rings is 1. The van der Waals surface area contributed by atoms with Crippen LogP contribution in [-0.4, -0.2) is 49.6 Å². The highest BCUT2D eigenvalue weighted by molar-refractivity contribution is 5.01. The van der Waals surface area contributed by atoms with E-state index in [9.17, 15) is 0 Å². The molecule has 2 rings (SSSR count). The summed E-state index contributed by atoms with van der Waals surface area (Å²) >= 11 is 0. The first-order valence-corrected chi connectivity index (χ1v) is 6.41. The van der Waals surface area contributed by atoms with Gasteiger partial charge in [-0.2, -0.15) is 5.26 Å². The molecule has 1 heterocycles. The van der Waals surface area contributed by atoms with E-state index in [4.69, 9.17) is 5.26 Å². The zero-order valence-electron chi connectivity index (χ0n) is 10.6. The minimum Gasteiger partial charge on any atom is -0.305 e. The van der Waals surface area contributed by atoms with Crippen molar-refractivity contribution in [1.82, 2.24) is 9.80 Å². The minimum atomic E-state index is 0.378. The first-order chi connectivity index (χ1) is 7.65. The van der Waals surface area contributed by atoms with Gasteiger partial charge in [0.2, 0.25) is 0 Å². The van der Waals surface area contributed by atoms with Gasteiger partial charge in [0, 0.05) is 25.6 Å². The lowest BCUT2D eigenvalue weighted by molar-refractivity contribution is 0.114. The van der Waals surface area contributed by atoms with E-state index in [1.165, 1.54) is 38.8 Å². The van der Waals surface area contributed by atoms with E-state index in [-0.39, 0.29) is 0 Å². The fraction of sp³-hybridized carbons (Fsp3) is 0.923. The Balaban J connectivity index is 1.84. The highest BCUT2D eigenvalue weighted by Gasteiger charge is 2.44. The quantitative estimate of drug-likeness (QED) is 0.724. The van der Waals surface area contributed by atoms with Crippen molar-refractivity contribution >= 4 is 0 Å². The van der Waals surface area contributed by atoms with Gasteiger partial charge in [0.05, 0.1) is 6.07 Å². The Morgan fingerprint density at radius 2 is 2.19 bits per heavy atom. The second-order valence-corrected chi connectivity index (χ2v) is 5.83. The Bertz CT molecular complexity index is 275. The van der Waals surface area contributed by atoms with Crippen LogP contribution in [0.25, 0.3) is 0 Å². The number of hydrogen-bond acceptors (Lipinski definition) is 3. The van der Waals surface area contributed by atoms with E-state index in [1.54, 1.807) is 0 Å². The summed E-state index contributed by atoms with van der Waals surface area (Å²) in [6.07, 6.45) is 5.93. The van der Waals surface area contributed by atoms with Crippen LogP contribution >= 0.6 is 0 Å². The van der Waals surface area contributed by atoms with Gasteiger partial charge in [0.1, 0.15) is 0 Å². The van der Waals surface area contributed by atoms with Crippen LogP contribution in [0.1, 0.15) is 32.1 Å². The van der Waals surface area contributed by atoms with Gasteiger partial charge in [-0.3, -0.25) is 0 Å². The molecular weight excluding hydrogens is 198 g/mol. The lowest BCUT2D eigenvalue weighted by Crippen LogP contribution is -2.46. The molecule has 2 aliphatic rings. The van der Waals surface area contributed by atoms with Crippen LogP contribution in [0.3, 0.4) is 0 Å². The molecular formula is C13H23N3. The molecule has 3 heteroatoms. The second-order valence-electron chi connectivity index (χ2n) is 5.83. The van der Waals surface area contributed by atoms with Gasteiger partial charge in [-0.15, -0.1) is 0 Å². The van der Waals surface area contributed by atoms with Crippen molar-refractivity contribution in [2.45, 2.75) is 38.1 Å². The Morgan fingerprint density at radius 3 is 2.75 bits per heavy atom. The summed E-state index contributed by atoms with van der Waals surface area (Å²) in [5.41, 5.74) is 0.378. The van der Waals surface area contributed by atoms with Crippen molar-refractivity contribution in [2.24, 2.45) is 5.41 Å². The van der Waals surface area contributed by atoms with Crippen LogP contribution in [0, 0.1) is 16.7 Å². The Hall–Kier alpha value is -0.590. The minimum absolute atomic E-state index is 0.378. The van der Waals surface area contributed by atoms with Crippen molar-refractivity contribution in [2.75, 3.05) is 33.7 Å². The fourth-order valence-corrected chi connectivity index (χ4v) is 2.81. The van der Waals surface area contributed by atoms with Gasteiger partial charge in [0.15, 0.2) is 0 Å². The topological polar surface area (TPSA) is 30.3 Å². The molecule has 16 heavy (non-hydrogen) atoms. The summed E-state index contributed by atoms with van der Waals surface area (Å²) in [7, 11) is 4.35. The smallest absolute Gasteiger partial charge is 0.0628 e. The predicted molar refractivity (Wildman–Crippen MR) is 65.0 cm³/mol. The molecule has 3 nitrogen and oxygen atoms in total. The summed E-state index contributed by atoms with van der Waals surface area (Å²) in [5.74, 6) is 0. The molecule has 2 fully saturated rings. The molecule has 1 saturated heterocycles. The first kappa shape index (κ1) is 11.9. The van der Waals surface area contributed by atoms with Crippen molar-refractivity contribution < 1.29 is 0 Å². The van der Waals surface area contributed by atoms with Crippen molar-refractivity contribution in [3.05, 3.63) is 0 Å². The maximum atomic E-state index is 8.83. The molecule has 0 spiro atoms. The third kappa shape index (κ3) is 2.75. The summed E-state index contributed by atoms with van der Waals surface area (Å²) < 4.78 is 0. The van der Waals surface area contributed by atoms with E-state index in [0.29, 0.717) is 11.5 Å². The van der Waals surface area contributed by atoms with Crippen LogP contribution in [-0.2, 0) is 0 Å². The average molecular weight is 221 g/mol. The molecule has 0 amide bonds. The van der Waals surface area contributed by atoms with Gasteiger partial charge in [-0.05, 0) is 51.7 Å². The molecule has 0 aromatic rings. The van der Waals surface area contributed by atoms with Gasteiger partial charge in [-0.1, -0.05) is 0 Å². The maximum absolute atomic E-state index is 8.83. The van der Waals surface area contributed by atoms with Crippen LogP contribution in [0.15, 0.2) is 0 Å². The Labute approximate surface area is 99.0 Å². The summed E-state index contributed by atoms with van der Waals surface area (Å²) in [4.78, 5) is 4.93. The normalized spacial score (nSPS) is 29.0. The number of likely N-dealkylation sites (tertiary alicyclic amines) is 1. The molecule has 0 bridgehead atoms. The lowest BCUT2D eigenvalue weighted by atomic mass is 9.99. The molecule has 0 aromatic heterocycles. The zero-order chi connectivity index (χ0) is 11.6. The molecule has 1 aliphatic heterocycles. The van der Waals surface area contributed by atoms with Crippen molar-refractivity contribution in [3.8, 4) is 6.07 Å². The molecule has 1 unspecified atom stereocenters. The summed E-state index contributed by atoms with van der Waals surface area (Å²) in [5, 5.41) is 8.83. The van der Waals surface area contributed by atoms with Gasteiger partial charge < -0.3 is 9.80 Å². The van der Waals surface area contributed by atoms with E-state index < -0.39 is 0 Å². The number of likely N-dealkylation sites (N-methyl/N-ethyl adjacent to an activating group) is 1.